The molecule has 3 aliphatic heterocycles. The Balaban J connectivity index is 1.80. The number of aliphatic hydroxyl groups is 7. The molecule has 0 bridgehead atoms. The molecule has 0 saturated carbocycles. The lowest BCUT2D eigenvalue weighted by atomic mass is 9.96. The van der Waals surface area contributed by atoms with Gasteiger partial charge in [-0.25, -0.2) is 0 Å². The Bertz CT molecular complexity index is 1740. The first kappa shape index (κ1) is 51.0. The second-order valence-corrected chi connectivity index (χ2v) is 16.2. The number of methoxy groups -OCH3 is 1. The van der Waals surface area contributed by atoms with Crippen LogP contribution in [0.4, 0.5) is 0 Å². The van der Waals surface area contributed by atoms with Crippen LogP contribution in [0.15, 0.2) is 24.3 Å². The van der Waals surface area contributed by atoms with E-state index in [-0.39, 0.29) is 44.2 Å². The van der Waals surface area contributed by atoms with E-state index in [9.17, 15) is 69.6 Å². The van der Waals surface area contributed by atoms with Crippen molar-refractivity contribution in [2.75, 3.05) is 46.6 Å². The molecule has 15 atom stereocenters. The predicted octanol–water partition coefficient (Wildman–Crippen LogP) is -7.04. The normalized spacial score (nSPS) is 32.6. The summed E-state index contributed by atoms with van der Waals surface area (Å²) in [4.78, 5) is 85.9. The Hall–Kier alpha value is -4.60. The molecule has 24 nitrogen and oxygen atoms in total. The Morgan fingerprint density at radius 2 is 1.35 bits per heavy atom. The molecule has 1 aromatic carbocycles. The summed E-state index contributed by atoms with van der Waals surface area (Å²) in [6, 6.07) is -6.04. The average molecular weight is 899 g/mol. The minimum atomic E-state index is -2.24. The molecule has 7 unspecified atom stereocenters. The molecule has 63 heavy (non-hydrogen) atoms. The SMILES string of the molecule is COCCOCCNC1NC(=O)C2[C@@H](O)[C@@H](C)CN2C(=O)C([C@@H](C)O)NC(=O)C([C@H](O)[C@@H](O)c2ccc(O)cc2)NC(=O)C2C[C@@H](O)CN2C(=O)C([C@@H](C)O)NC(=O)C(N)C[C@H]1O. The number of fused-ring (bicyclic) bond motifs is 2. The third kappa shape index (κ3) is 12.8. The van der Waals surface area contributed by atoms with Crippen molar-refractivity contribution in [3.8, 4) is 5.75 Å². The average Bonchev–Trinajstić information content (AvgIpc) is 3.78. The van der Waals surface area contributed by atoms with Gasteiger partial charge in [-0.05, 0) is 31.5 Å². The van der Waals surface area contributed by atoms with E-state index in [1.54, 1.807) is 0 Å². The number of nitrogens with zero attached hydrogens (tertiary/aromatic N) is 2. The Morgan fingerprint density at radius 1 is 0.762 bits per heavy atom. The Kier molecular flexibility index (Phi) is 18.5. The molecular formula is C39H62N8O16. The van der Waals surface area contributed by atoms with Gasteiger partial charge in [-0.15, -0.1) is 0 Å². The predicted molar refractivity (Wildman–Crippen MR) is 216 cm³/mol. The van der Waals surface area contributed by atoms with Gasteiger partial charge in [0.05, 0.1) is 56.4 Å². The molecule has 0 aromatic heterocycles. The first-order chi connectivity index (χ1) is 29.7. The molecule has 3 aliphatic rings. The molecule has 0 spiro atoms. The fourth-order valence-corrected chi connectivity index (χ4v) is 7.66. The van der Waals surface area contributed by atoms with Crippen molar-refractivity contribution in [1.82, 2.24) is 36.4 Å². The van der Waals surface area contributed by atoms with Crippen molar-refractivity contribution in [3.05, 3.63) is 29.8 Å². The van der Waals surface area contributed by atoms with Crippen LogP contribution in [-0.2, 0) is 38.2 Å². The summed E-state index contributed by atoms with van der Waals surface area (Å²) >= 11 is 0. The number of carbonyl (C=O) groups excluding carboxylic acids is 6. The van der Waals surface area contributed by atoms with Crippen molar-refractivity contribution in [2.24, 2.45) is 11.7 Å². The van der Waals surface area contributed by atoms with Crippen molar-refractivity contribution in [1.29, 1.82) is 0 Å². The van der Waals surface area contributed by atoms with Gasteiger partial charge in [-0.2, -0.15) is 0 Å². The summed E-state index contributed by atoms with van der Waals surface area (Å²) in [6.45, 7) is 3.53. The summed E-state index contributed by atoms with van der Waals surface area (Å²) in [7, 11) is 1.47. The molecule has 4 rings (SSSR count). The number of aromatic hydroxyl groups is 1. The van der Waals surface area contributed by atoms with Gasteiger partial charge in [0.25, 0.3) is 0 Å². The van der Waals surface area contributed by atoms with Crippen LogP contribution in [0.5, 0.6) is 5.75 Å². The summed E-state index contributed by atoms with van der Waals surface area (Å²) in [5.41, 5.74) is 6.14. The zero-order chi connectivity index (χ0) is 46.9. The summed E-state index contributed by atoms with van der Waals surface area (Å²) in [6.07, 6.45) is -14.5. The first-order valence-electron chi connectivity index (χ1n) is 20.6. The van der Waals surface area contributed by atoms with Crippen LogP contribution in [-0.4, -0.2) is 212 Å². The van der Waals surface area contributed by atoms with Crippen LogP contribution in [0.2, 0.25) is 0 Å². The molecule has 1 aromatic rings. The van der Waals surface area contributed by atoms with E-state index in [2.05, 4.69) is 26.6 Å². The number of benzene rings is 1. The molecule has 3 fully saturated rings. The summed E-state index contributed by atoms with van der Waals surface area (Å²) < 4.78 is 10.4. The minimum absolute atomic E-state index is 0.00176. The second kappa shape index (κ2) is 22.8. The van der Waals surface area contributed by atoms with E-state index < -0.39 is 146 Å². The molecule has 354 valence electrons. The third-order valence-electron chi connectivity index (χ3n) is 11.3. The number of hydrogen-bond donors (Lipinski definition) is 14. The lowest BCUT2D eigenvalue weighted by Gasteiger charge is -2.34. The van der Waals surface area contributed by atoms with Crippen molar-refractivity contribution in [2.45, 2.75) is 119 Å². The number of ether oxygens (including phenoxy) is 2. The van der Waals surface area contributed by atoms with E-state index in [4.69, 9.17) is 15.2 Å². The first-order valence-corrected chi connectivity index (χ1v) is 20.6. The van der Waals surface area contributed by atoms with Gasteiger partial charge in [-0.1, -0.05) is 19.1 Å². The van der Waals surface area contributed by atoms with Crippen molar-refractivity contribution >= 4 is 35.4 Å². The van der Waals surface area contributed by atoms with E-state index in [1.165, 1.54) is 38.3 Å². The summed E-state index contributed by atoms with van der Waals surface area (Å²) in [5, 5.41) is 99.7. The highest BCUT2D eigenvalue weighted by Gasteiger charge is 2.50. The van der Waals surface area contributed by atoms with E-state index in [0.29, 0.717) is 0 Å². The molecule has 3 heterocycles. The largest absolute Gasteiger partial charge is 0.508 e. The fourth-order valence-electron chi connectivity index (χ4n) is 7.66. The highest BCUT2D eigenvalue weighted by molar-refractivity contribution is 5.98. The molecule has 0 aliphatic carbocycles. The lowest BCUT2D eigenvalue weighted by molar-refractivity contribution is -0.148. The Labute approximate surface area is 363 Å². The monoisotopic (exact) mass is 898 g/mol. The van der Waals surface area contributed by atoms with Gasteiger partial charge >= 0.3 is 0 Å². The van der Waals surface area contributed by atoms with Crippen LogP contribution in [0.1, 0.15) is 45.3 Å². The number of carbonyl (C=O) groups is 6. The molecule has 15 N–H and O–H groups in total. The maximum Gasteiger partial charge on any atom is 0.248 e. The number of phenolic OH excluding ortho intramolecular Hbond substituents is 1. The van der Waals surface area contributed by atoms with Crippen LogP contribution in [0.3, 0.4) is 0 Å². The second-order valence-electron chi connectivity index (χ2n) is 16.2. The molecule has 3 saturated heterocycles. The molecule has 0 radical (unpaired) electrons. The number of phenols is 1. The number of aliphatic hydroxyl groups excluding tert-OH is 7. The van der Waals surface area contributed by atoms with Crippen LogP contribution in [0.25, 0.3) is 0 Å². The van der Waals surface area contributed by atoms with E-state index >= 15 is 0 Å². The van der Waals surface area contributed by atoms with Gasteiger partial charge in [0, 0.05) is 45.5 Å². The Morgan fingerprint density at radius 3 is 1.95 bits per heavy atom. The number of rotatable bonds is 12. The molecule has 24 heteroatoms. The smallest absolute Gasteiger partial charge is 0.248 e. The highest BCUT2D eigenvalue weighted by atomic mass is 16.5. The third-order valence-corrected chi connectivity index (χ3v) is 11.3. The number of hydrogen-bond acceptors (Lipinski definition) is 18. The van der Waals surface area contributed by atoms with Crippen molar-refractivity contribution < 1.29 is 79.1 Å². The number of nitrogens with two attached hydrogens (primary N) is 1. The van der Waals surface area contributed by atoms with Gasteiger partial charge in [-0.3, -0.25) is 34.1 Å². The van der Waals surface area contributed by atoms with Gasteiger partial charge in [0.2, 0.25) is 35.4 Å². The standard InChI is InChI=1S/C39H62N8O16/c1-17-15-47-29(30(17)53)37(59)45-33(41-9-10-63-12-11-62-4)25(52)14-23(40)34(56)42-26(18(2)48)38(60)46-16-22(51)13-24(46)35(57)44-28(36(58)43-27(19(3)49)39(47)61)32(55)31(54)20-5-7-21(50)8-6-20/h5-8,17-19,22-33,41,48-55H,9-16,40H2,1-4H3,(H,42,56)(H,43,58)(H,44,57)(H,45,59)/t17-,18+,19+,22+,23?,24?,25+,26?,27?,28?,29?,30-,31-,32-,33?/m0/s1. The fraction of sp³-hybridized carbons (Fsp3) is 0.692. The topological polar surface area (TPSA) is 375 Å². The summed E-state index contributed by atoms with van der Waals surface area (Å²) in [5.74, 6) is -7.74. The van der Waals surface area contributed by atoms with Crippen LogP contribution < -0.4 is 32.3 Å². The maximum atomic E-state index is 14.3. The quantitative estimate of drug-likeness (QED) is 0.0867. The van der Waals surface area contributed by atoms with Gasteiger partial charge in [0.15, 0.2) is 0 Å². The van der Waals surface area contributed by atoms with Crippen LogP contribution in [0, 0.1) is 5.92 Å². The highest BCUT2D eigenvalue weighted by Crippen LogP contribution is 2.27. The molecular weight excluding hydrogens is 836 g/mol. The van der Waals surface area contributed by atoms with Gasteiger partial charge < -0.3 is 87.1 Å². The van der Waals surface area contributed by atoms with Gasteiger partial charge in [0.1, 0.15) is 54.3 Å². The number of amides is 6. The van der Waals surface area contributed by atoms with E-state index in [0.717, 1.165) is 23.6 Å². The zero-order valence-electron chi connectivity index (χ0n) is 35.4. The lowest BCUT2D eigenvalue weighted by Crippen LogP contribution is -2.64. The van der Waals surface area contributed by atoms with Crippen LogP contribution >= 0.6 is 0 Å². The minimum Gasteiger partial charge on any atom is -0.508 e. The molecule has 6 amide bonds. The van der Waals surface area contributed by atoms with Crippen molar-refractivity contribution in [3.63, 3.8) is 0 Å². The maximum absolute atomic E-state index is 14.3. The zero-order valence-corrected chi connectivity index (χ0v) is 35.4. The number of nitrogens with one attached hydrogen (secondary N) is 5. The van der Waals surface area contributed by atoms with E-state index in [1.807, 2.05) is 0 Å².